The topological polar surface area (TPSA) is 39.7 Å². The first-order valence-corrected chi connectivity index (χ1v) is 24.5. The number of nitrogens with zero attached hydrogens (tertiary/aromatic N) is 4. The first-order chi connectivity index (χ1) is 22.4. The lowest BCUT2D eigenvalue weighted by Crippen LogP contribution is -2.44. The zero-order valence-corrected chi connectivity index (χ0v) is 32.2. The van der Waals surface area contributed by atoms with Crippen LogP contribution in [0.3, 0.4) is 0 Å². The molecule has 0 radical (unpaired) electrons. The molecule has 0 aliphatic carbocycles. The highest BCUT2D eigenvalue weighted by Gasteiger charge is 2.38. The predicted octanol–water partition coefficient (Wildman–Crippen LogP) is 9.28. The molecule has 0 amide bonds. The maximum absolute atomic E-state index is 10.0. The molecule has 2 aromatic carbocycles. The molecule has 47 heavy (non-hydrogen) atoms. The standard InChI is InChI=1S/C17H20N2.C16H32N2Si2.C7H6O/c1-19-9-5-8-17(19)16-11-15(12-18-13-16)10-14-6-3-2-4-7-14;1-17-11-8-9-15(17)14-13-18(20(5,6)7)12-10-16(14)19(2,3)4;8-6-7-4-2-1-3-5-7/h2-4,6-7,11-13,17H,5,8-10H2,1H3;10,12-13,15-16H,8-9,11H2,1-7H3;1-6H/t17-;15-,16?;/m00./s1. The van der Waals surface area contributed by atoms with Crippen LogP contribution in [0.4, 0.5) is 0 Å². The second-order valence-corrected chi connectivity index (χ2v) is 25.7. The highest BCUT2D eigenvalue weighted by Crippen LogP contribution is 2.41. The van der Waals surface area contributed by atoms with Crippen LogP contribution in [-0.2, 0) is 6.42 Å². The highest BCUT2D eigenvalue weighted by molar-refractivity contribution is 6.79. The van der Waals surface area contributed by atoms with Gasteiger partial charge in [-0.05, 0) is 99.5 Å². The van der Waals surface area contributed by atoms with E-state index in [2.05, 4.69) is 128 Å². The lowest BCUT2D eigenvalue weighted by Gasteiger charge is -2.41. The first-order valence-electron chi connectivity index (χ1n) is 17.4. The van der Waals surface area contributed by atoms with Crippen LogP contribution in [-0.4, -0.2) is 75.2 Å². The Labute approximate surface area is 287 Å². The molecule has 0 bridgehead atoms. The number of hydrogen-bond donors (Lipinski definition) is 0. The SMILES string of the molecule is CN1CCC[C@H]1C1=CN([Si](C)(C)C)C=CC1[Si](C)(C)C.CN1CCC[C@H]1c1cncc(Cc2ccccc2)c1.O=Cc1ccccc1. The Morgan fingerprint density at radius 3 is 1.89 bits per heavy atom. The summed E-state index contributed by atoms with van der Waals surface area (Å²) in [5, 5.41) is 0. The van der Waals surface area contributed by atoms with Gasteiger partial charge < -0.3 is 4.57 Å². The number of aldehydes is 1. The molecule has 1 unspecified atom stereocenters. The zero-order chi connectivity index (χ0) is 34.0. The van der Waals surface area contributed by atoms with Crippen molar-refractivity contribution in [3.8, 4) is 0 Å². The van der Waals surface area contributed by atoms with Gasteiger partial charge in [0.1, 0.15) is 6.29 Å². The molecule has 6 rings (SSSR count). The normalized spacial score (nSPS) is 21.7. The van der Waals surface area contributed by atoms with E-state index in [1.807, 2.05) is 30.6 Å². The number of carbonyl (C=O) groups is 1. The van der Waals surface area contributed by atoms with Gasteiger partial charge >= 0.3 is 0 Å². The molecule has 2 saturated heterocycles. The first kappa shape index (κ1) is 36.7. The van der Waals surface area contributed by atoms with Crippen LogP contribution in [0, 0.1) is 0 Å². The molecule has 0 saturated carbocycles. The Kier molecular flexibility index (Phi) is 13.1. The summed E-state index contributed by atoms with van der Waals surface area (Å²) in [4.78, 5) is 19.4. The van der Waals surface area contributed by atoms with Crippen LogP contribution in [0.2, 0.25) is 44.8 Å². The van der Waals surface area contributed by atoms with Crippen LogP contribution < -0.4 is 0 Å². The van der Waals surface area contributed by atoms with Crippen molar-refractivity contribution in [3.63, 3.8) is 0 Å². The number of allylic oxidation sites excluding steroid dienone is 1. The fraction of sp³-hybridized carbons (Fsp3) is 0.450. The van der Waals surface area contributed by atoms with Crippen molar-refractivity contribution in [3.05, 3.63) is 125 Å². The Morgan fingerprint density at radius 2 is 1.38 bits per heavy atom. The van der Waals surface area contributed by atoms with Gasteiger partial charge in [-0.2, -0.15) is 0 Å². The summed E-state index contributed by atoms with van der Waals surface area (Å²) in [5.41, 5.74) is 7.17. The summed E-state index contributed by atoms with van der Waals surface area (Å²) in [6, 6.07) is 23.3. The van der Waals surface area contributed by atoms with Gasteiger partial charge in [-0.1, -0.05) is 112 Å². The molecule has 3 aliphatic rings. The van der Waals surface area contributed by atoms with E-state index in [9.17, 15) is 4.79 Å². The minimum absolute atomic E-state index is 0.559. The van der Waals surface area contributed by atoms with E-state index in [1.165, 1.54) is 55.5 Å². The Hall–Kier alpha value is -3.11. The van der Waals surface area contributed by atoms with Crippen molar-refractivity contribution < 1.29 is 4.79 Å². The van der Waals surface area contributed by atoms with Gasteiger partial charge in [0, 0.05) is 30.0 Å². The zero-order valence-electron chi connectivity index (χ0n) is 30.2. The molecule has 252 valence electrons. The maximum atomic E-state index is 10.0. The number of aromatic nitrogens is 1. The van der Waals surface area contributed by atoms with Gasteiger partial charge in [-0.15, -0.1) is 0 Å². The van der Waals surface area contributed by atoms with E-state index in [-0.39, 0.29) is 0 Å². The molecule has 1 aromatic heterocycles. The summed E-state index contributed by atoms with van der Waals surface area (Å²) >= 11 is 0. The Morgan fingerprint density at radius 1 is 0.787 bits per heavy atom. The Bertz CT molecular complexity index is 1460. The average molecular weight is 667 g/mol. The van der Waals surface area contributed by atoms with Crippen molar-refractivity contribution in [2.45, 2.75) is 89.0 Å². The number of carbonyl (C=O) groups excluding carboxylic acids is 1. The van der Waals surface area contributed by atoms with E-state index in [0.717, 1.165) is 18.3 Å². The van der Waals surface area contributed by atoms with Gasteiger partial charge in [-0.3, -0.25) is 19.6 Å². The van der Waals surface area contributed by atoms with E-state index in [1.54, 1.807) is 17.7 Å². The van der Waals surface area contributed by atoms with Crippen LogP contribution in [0.1, 0.15) is 58.8 Å². The van der Waals surface area contributed by atoms with Crippen molar-refractivity contribution in [2.24, 2.45) is 0 Å². The van der Waals surface area contributed by atoms with Crippen LogP contribution in [0.25, 0.3) is 0 Å². The number of pyridine rings is 1. The largest absolute Gasteiger partial charge is 0.381 e. The molecule has 3 aliphatic heterocycles. The van der Waals surface area contributed by atoms with E-state index in [0.29, 0.717) is 17.6 Å². The Balaban J connectivity index is 0.000000173. The second kappa shape index (κ2) is 16.8. The minimum Gasteiger partial charge on any atom is -0.381 e. The van der Waals surface area contributed by atoms with Crippen LogP contribution >= 0.6 is 0 Å². The summed E-state index contributed by atoms with van der Waals surface area (Å²) in [5.74, 6) is 0. The van der Waals surface area contributed by atoms with Gasteiger partial charge in [0.25, 0.3) is 0 Å². The van der Waals surface area contributed by atoms with Crippen molar-refractivity contribution >= 4 is 22.6 Å². The molecule has 4 heterocycles. The fourth-order valence-electron chi connectivity index (χ4n) is 6.89. The predicted molar refractivity (Wildman–Crippen MR) is 205 cm³/mol. The van der Waals surface area contributed by atoms with Gasteiger partial charge in [0.05, 0.1) is 8.07 Å². The number of likely N-dealkylation sites (tertiary alicyclic amines) is 2. The van der Waals surface area contributed by atoms with Gasteiger partial charge in [-0.25, -0.2) is 0 Å². The molecule has 5 nitrogen and oxygen atoms in total. The lowest BCUT2D eigenvalue weighted by atomic mass is 10.0. The quantitative estimate of drug-likeness (QED) is 0.186. The number of likely N-dealkylation sites (N-methyl/N-ethyl adjacent to an activating group) is 1. The molecular formula is C40H58N4OSi2. The van der Waals surface area contributed by atoms with Crippen molar-refractivity contribution in [2.75, 3.05) is 27.2 Å². The average Bonchev–Trinajstić information content (AvgIpc) is 3.69. The molecule has 3 aromatic rings. The van der Waals surface area contributed by atoms with Crippen molar-refractivity contribution in [1.29, 1.82) is 0 Å². The highest BCUT2D eigenvalue weighted by atomic mass is 28.3. The third-order valence-corrected chi connectivity index (χ3v) is 13.8. The summed E-state index contributed by atoms with van der Waals surface area (Å²) in [6.07, 6.45) is 18.5. The molecule has 2 fully saturated rings. The second-order valence-electron chi connectivity index (χ2n) is 15.5. The molecular weight excluding hydrogens is 609 g/mol. The van der Waals surface area contributed by atoms with E-state index < -0.39 is 16.3 Å². The third kappa shape index (κ3) is 10.7. The summed E-state index contributed by atoms with van der Waals surface area (Å²) < 4.78 is 2.55. The van der Waals surface area contributed by atoms with Crippen LogP contribution in [0.5, 0.6) is 0 Å². The van der Waals surface area contributed by atoms with E-state index >= 15 is 0 Å². The summed E-state index contributed by atoms with van der Waals surface area (Å²) in [6.45, 7) is 17.3. The molecule has 3 atom stereocenters. The lowest BCUT2D eigenvalue weighted by molar-refractivity contribution is 0.112. The third-order valence-electron chi connectivity index (χ3n) is 9.61. The van der Waals surface area contributed by atoms with Gasteiger partial charge in [0.15, 0.2) is 8.24 Å². The smallest absolute Gasteiger partial charge is 0.152 e. The van der Waals surface area contributed by atoms with Gasteiger partial charge in [0.2, 0.25) is 0 Å². The molecule has 0 N–H and O–H groups in total. The number of hydrogen-bond acceptors (Lipinski definition) is 5. The maximum Gasteiger partial charge on any atom is 0.152 e. The summed E-state index contributed by atoms with van der Waals surface area (Å²) in [7, 11) is 2.02. The van der Waals surface area contributed by atoms with Crippen molar-refractivity contribution in [1.82, 2.24) is 19.3 Å². The number of rotatable bonds is 7. The molecule has 7 heteroatoms. The number of benzene rings is 2. The minimum atomic E-state index is -1.29. The monoisotopic (exact) mass is 666 g/mol. The van der Waals surface area contributed by atoms with E-state index in [4.69, 9.17) is 0 Å². The molecule has 0 spiro atoms. The van der Waals surface area contributed by atoms with Crippen LogP contribution in [0.15, 0.2) is 103 Å². The fourth-order valence-corrected chi connectivity index (χ4v) is 9.89.